The zero-order valence-electron chi connectivity index (χ0n) is 8.58. The van der Waals surface area contributed by atoms with Gasteiger partial charge < -0.3 is 5.32 Å². The van der Waals surface area contributed by atoms with Gasteiger partial charge in [-0.15, -0.1) is 0 Å². The highest BCUT2D eigenvalue weighted by atomic mass is 16.1. The summed E-state index contributed by atoms with van der Waals surface area (Å²) in [4.78, 5) is 13.6. The van der Waals surface area contributed by atoms with Crippen LogP contribution in [0.25, 0.3) is 0 Å². The Bertz CT molecular complexity index is 423. The summed E-state index contributed by atoms with van der Waals surface area (Å²) in [5.41, 5.74) is 1.45. The zero-order valence-corrected chi connectivity index (χ0v) is 8.58. The van der Waals surface area contributed by atoms with Crippen LogP contribution >= 0.6 is 0 Å². The molecule has 0 fully saturated rings. The van der Waals surface area contributed by atoms with Crippen LogP contribution in [0.2, 0.25) is 0 Å². The normalized spacial score (nSPS) is 8.60. The molecule has 0 aromatic heterocycles. The molecule has 0 saturated carbocycles. The van der Waals surface area contributed by atoms with Crippen LogP contribution in [0.1, 0.15) is 12.0 Å². The fourth-order valence-corrected chi connectivity index (χ4v) is 1.06. The minimum Gasteiger partial charge on any atom is -0.319 e. The molecule has 1 aromatic rings. The van der Waals surface area contributed by atoms with Crippen molar-refractivity contribution in [2.24, 2.45) is 4.99 Å². The molecule has 0 saturated heterocycles. The molecule has 0 aliphatic carbocycles. The quantitative estimate of drug-likeness (QED) is 0.348. The average molecular weight is 200 g/mol. The van der Waals surface area contributed by atoms with Crippen LogP contribution in [0, 0.1) is 11.8 Å². The lowest BCUT2D eigenvalue weighted by Crippen LogP contribution is -2.05. The van der Waals surface area contributed by atoms with E-state index < -0.39 is 0 Å². The molecule has 0 amide bonds. The summed E-state index contributed by atoms with van der Waals surface area (Å²) < 4.78 is 0. The second kappa shape index (κ2) is 6.56. The Morgan fingerprint density at radius 2 is 2.33 bits per heavy atom. The van der Waals surface area contributed by atoms with Crippen molar-refractivity contribution in [3.63, 3.8) is 0 Å². The first-order chi connectivity index (χ1) is 7.36. The molecule has 3 nitrogen and oxygen atoms in total. The van der Waals surface area contributed by atoms with Crippen molar-refractivity contribution in [3.05, 3.63) is 29.8 Å². The van der Waals surface area contributed by atoms with E-state index >= 15 is 0 Å². The van der Waals surface area contributed by atoms with Gasteiger partial charge in [0.15, 0.2) is 0 Å². The van der Waals surface area contributed by atoms with Crippen LogP contribution in [0.5, 0.6) is 0 Å². The van der Waals surface area contributed by atoms with E-state index in [9.17, 15) is 4.79 Å². The van der Waals surface area contributed by atoms with Gasteiger partial charge in [-0.25, -0.2) is 4.79 Å². The molecule has 0 atom stereocenters. The van der Waals surface area contributed by atoms with E-state index in [2.05, 4.69) is 22.2 Å². The van der Waals surface area contributed by atoms with Crippen molar-refractivity contribution >= 4 is 11.8 Å². The number of carbonyl (C=O) groups excluding carboxylic acids is 1. The number of hydrogen-bond donors (Lipinski definition) is 1. The number of rotatable bonds is 3. The highest BCUT2D eigenvalue weighted by molar-refractivity contribution is 5.52. The maximum atomic E-state index is 10.0. The number of nitrogens with zero attached hydrogens (tertiary/aromatic N) is 1. The van der Waals surface area contributed by atoms with Crippen LogP contribution in [-0.4, -0.2) is 19.7 Å². The maximum Gasteiger partial charge on any atom is 0.240 e. The Labute approximate surface area is 89.2 Å². The first-order valence-corrected chi connectivity index (χ1v) is 4.68. The number of hydrogen-bond acceptors (Lipinski definition) is 3. The first-order valence-electron chi connectivity index (χ1n) is 4.68. The Balaban J connectivity index is 2.71. The minimum atomic E-state index is 0.588. The third kappa shape index (κ3) is 4.24. The summed E-state index contributed by atoms with van der Waals surface area (Å²) in [7, 11) is 1.89. The van der Waals surface area contributed by atoms with E-state index in [1.54, 1.807) is 12.1 Å². The molecule has 0 spiro atoms. The molecule has 0 unspecified atom stereocenters. The van der Waals surface area contributed by atoms with Crippen molar-refractivity contribution < 1.29 is 4.79 Å². The number of benzene rings is 1. The maximum absolute atomic E-state index is 10.0. The second-order valence-corrected chi connectivity index (χ2v) is 2.91. The molecular weight excluding hydrogens is 188 g/mol. The summed E-state index contributed by atoms with van der Waals surface area (Å²) in [6, 6.07) is 7.20. The molecule has 15 heavy (non-hydrogen) atoms. The molecule has 0 aliphatic rings. The van der Waals surface area contributed by atoms with Crippen LogP contribution in [0.15, 0.2) is 29.3 Å². The fourth-order valence-electron chi connectivity index (χ4n) is 1.06. The standard InChI is InChI=1S/C12H12N2O/c1-13-8-3-2-5-11-6-4-7-12(9-11)14-10-15/h4,6-7,9,13H,3,8H2,1H3. The lowest BCUT2D eigenvalue weighted by molar-refractivity contribution is 0.565. The average Bonchev–Trinajstić information content (AvgIpc) is 2.26. The van der Waals surface area contributed by atoms with Gasteiger partial charge in [-0.1, -0.05) is 17.9 Å². The molecule has 0 radical (unpaired) electrons. The van der Waals surface area contributed by atoms with Gasteiger partial charge >= 0.3 is 0 Å². The van der Waals surface area contributed by atoms with Crippen molar-refractivity contribution in [3.8, 4) is 11.8 Å². The number of nitrogens with one attached hydrogen (secondary N) is 1. The van der Waals surface area contributed by atoms with Gasteiger partial charge in [-0.05, 0) is 25.2 Å². The van der Waals surface area contributed by atoms with Crippen molar-refractivity contribution in [1.82, 2.24) is 5.32 Å². The third-order valence-electron chi connectivity index (χ3n) is 1.75. The fraction of sp³-hybridized carbons (Fsp3) is 0.250. The monoisotopic (exact) mass is 200 g/mol. The largest absolute Gasteiger partial charge is 0.319 e. The van der Waals surface area contributed by atoms with Crippen LogP contribution < -0.4 is 5.32 Å². The lowest BCUT2D eigenvalue weighted by atomic mass is 10.2. The van der Waals surface area contributed by atoms with E-state index in [1.165, 1.54) is 6.08 Å². The van der Waals surface area contributed by atoms with Crippen molar-refractivity contribution in [2.45, 2.75) is 6.42 Å². The molecule has 0 aliphatic heterocycles. The van der Waals surface area contributed by atoms with Crippen LogP contribution in [0.4, 0.5) is 5.69 Å². The molecule has 0 bridgehead atoms. The Morgan fingerprint density at radius 3 is 3.07 bits per heavy atom. The third-order valence-corrected chi connectivity index (χ3v) is 1.75. The van der Waals surface area contributed by atoms with Crippen molar-refractivity contribution in [1.29, 1.82) is 0 Å². The topological polar surface area (TPSA) is 41.5 Å². The predicted octanol–water partition coefficient (Wildman–Crippen LogP) is 1.61. The Kier molecular flexibility index (Phi) is 4.89. The van der Waals surface area contributed by atoms with E-state index in [0.717, 1.165) is 18.5 Å². The second-order valence-electron chi connectivity index (χ2n) is 2.91. The predicted molar refractivity (Wildman–Crippen MR) is 59.6 cm³/mol. The van der Waals surface area contributed by atoms with Gasteiger partial charge in [0.25, 0.3) is 0 Å². The van der Waals surface area contributed by atoms with Crippen LogP contribution in [-0.2, 0) is 4.79 Å². The molecule has 76 valence electrons. The summed E-state index contributed by atoms with van der Waals surface area (Å²) in [6.45, 7) is 0.874. The Morgan fingerprint density at radius 1 is 1.47 bits per heavy atom. The lowest BCUT2D eigenvalue weighted by Gasteiger charge is -1.92. The van der Waals surface area contributed by atoms with E-state index in [-0.39, 0.29) is 0 Å². The summed E-state index contributed by atoms with van der Waals surface area (Å²) in [5.74, 6) is 6.02. The molecule has 3 heteroatoms. The SMILES string of the molecule is CNCCC#Cc1cccc(N=C=O)c1. The van der Waals surface area contributed by atoms with Crippen LogP contribution in [0.3, 0.4) is 0 Å². The van der Waals surface area contributed by atoms with Gasteiger partial charge in [0.2, 0.25) is 6.08 Å². The summed E-state index contributed by atoms with van der Waals surface area (Å²) in [5, 5.41) is 3.01. The van der Waals surface area contributed by atoms with Gasteiger partial charge in [0.05, 0.1) is 5.69 Å². The molecule has 1 aromatic carbocycles. The van der Waals surface area contributed by atoms with Crippen molar-refractivity contribution in [2.75, 3.05) is 13.6 Å². The van der Waals surface area contributed by atoms with Gasteiger partial charge in [0.1, 0.15) is 0 Å². The first kappa shape index (κ1) is 11.2. The summed E-state index contributed by atoms with van der Waals surface area (Å²) in [6.07, 6.45) is 2.31. The van der Waals surface area contributed by atoms with Gasteiger partial charge in [0, 0.05) is 18.5 Å². The van der Waals surface area contributed by atoms with E-state index in [1.807, 2.05) is 19.2 Å². The molecular formula is C12H12N2O. The highest BCUT2D eigenvalue weighted by Crippen LogP contribution is 2.12. The molecule has 1 N–H and O–H groups in total. The highest BCUT2D eigenvalue weighted by Gasteiger charge is 1.89. The number of aliphatic imine (C=N–C) groups is 1. The minimum absolute atomic E-state index is 0.588. The van der Waals surface area contributed by atoms with Gasteiger partial charge in [-0.3, -0.25) is 0 Å². The number of isocyanates is 1. The zero-order chi connectivity index (χ0) is 10.9. The molecule has 0 heterocycles. The van der Waals surface area contributed by atoms with Gasteiger partial charge in [-0.2, -0.15) is 4.99 Å². The van der Waals surface area contributed by atoms with E-state index in [0.29, 0.717) is 5.69 Å². The summed E-state index contributed by atoms with van der Waals surface area (Å²) >= 11 is 0. The Hall–Kier alpha value is -1.88. The smallest absolute Gasteiger partial charge is 0.240 e. The molecule has 1 rings (SSSR count). The van der Waals surface area contributed by atoms with E-state index in [4.69, 9.17) is 0 Å².